The van der Waals surface area contributed by atoms with Crippen molar-refractivity contribution in [1.82, 2.24) is 25.5 Å². The summed E-state index contributed by atoms with van der Waals surface area (Å²) in [4.78, 5) is 18.0. The van der Waals surface area contributed by atoms with E-state index in [-0.39, 0.29) is 22.7 Å². The Balaban J connectivity index is 2.19. The molecule has 21 heavy (non-hydrogen) atoms. The summed E-state index contributed by atoms with van der Waals surface area (Å²) in [5.74, 6) is -0.134. The molecule has 0 bridgehead atoms. The van der Waals surface area contributed by atoms with E-state index in [1.165, 1.54) is 0 Å². The van der Waals surface area contributed by atoms with Crippen molar-refractivity contribution in [1.29, 1.82) is 0 Å². The zero-order valence-electron chi connectivity index (χ0n) is 10.7. The number of fused-ring (bicyclic) bond motifs is 1. The van der Waals surface area contributed by atoms with Crippen LogP contribution in [0.3, 0.4) is 0 Å². The van der Waals surface area contributed by atoms with E-state index < -0.39 is 36.1 Å². The second kappa shape index (κ2) is 4.47. The molecule has 10 N–H and O–H groups in total. The minimum absolute atomic E-state index is 0.0278. The third-order valence-electron chi connectivity index (χ3n) is 3.67. The van der Waals surface area contributed by atoms with Crippen LogP contribution in [0.4, 0.5) is 5.95 Å². The molecule has 2 aromatic heterocycles. The van der Waals surface area contributed by atoms with Gasteiger partial charge in [-0.15, -0.1) is 0 Å². The molecule has 0 unspecified atom stereocenters. The van der Waals surface area contributed by atoms with Gasteiger partial charge >= 0.3 is 0 Å². The SMILES string of the molecule is Nc1nc2c([C@]3(N)N[C@H](CO)[C@@H](O)[C@H]3O)[nH]nc2c(=O)[nH]1. The first-order valence-corrected chi connectivity index (χ1v) is 6.16. The number of hydrogen-bond donors (Lipinski definition) is 8. The van der Waals surface area contributed by atoms with Gasteiger partial charge in [0.05, 0.1) is 18.3 Å². The molecule has 4 atom stereocenters. The predicted molar refractivity (Wildman–Crippen MR) is 70.8 cm³/mol. The van der Waals surface area contributed by atoms with E-state index in [0.29, 0.717) is 0 Å². The minimum Gasteiger partial charge on any atom is -0.395 e. The predicted octanol–water partition coefficient (Wildman–Crippen LogP) is -3.97. The zero-order chi connectivity index (χ0) is 15.4. The van der Waals surface area contributed by atoms with Crippen LogP contribution in [0.2, 0.25) is 0 Å². The molecule has 0 saturated carbocycles. The van der Waals surface area contributed by atoms with E-state index in [0.717, 1.165) is 0 Å². The van der Waals surface area contributed by atoms with Gasteiger partial charge in [-0.25, -0.2) is 4.98 Å². The van der Waals surface area contributed by atoms with E-state index in [1.54, 1.807) is 0 Å². The maximum atomic E-state index is 11.7. The molecule has 11 nitrogen and oxygen atoms in total. The third kappa shape index (κ3) is 1.83. The standard InChI is InChI=1S/C10H15N7O4/c11-9-13-3-4(8(21)14-9)16-17-6(3)10(12)7(20)5(19)2(1-18)15-10/h2,5,7,15,18-20H,1,12H2,(H,16,17)(H3,11,13,14,21)/t2-,5-,7-,10+/m1/s1. The Kier molecular flexibility index (Phi) is 2.96. The van der Waals surface area contributed by atoms with E-state index in [2.05, 4.69) is 25.5 Å². The highest BCUT2D eigenvalue weighted by Gasteiger charge is 2.52. The molecule has 0 radical (unpaired) electrons. The number of rotatable bonds is 2. The summed E-state index contributed by atoms with van der Waals surface area (Å²) in [6, 6.07) is -0.831. The fraction of sp³-hybridized carbons (Fsp3) is 0.500. The fourth-order valence-corrected chi connectivity index (χ4v) is 2.56. The largest absolute Gasteiger partial charge is 0.395 e. The van der Waals surface area contributed by atoms with E-state index in [1.807, 2.05) is 0 Å². The van der Waals surface area contributed by atoms with Crippen LogP contribution in [0, 0.1) is 0 Å². The highest BCUT2D eigenvalue weighted by Crippen LogP contribution is 2.31. The topological polar surface area (TPSA) is 199 Å². The molecular weight excluding hydrogens is 282 g/mol. The Morgan fingerprint density at radius 1 is 1.33 bits per heavy atom. The molecular formula is C10H15N7O4. The van der Waals surface area contributed by atoms with Crippen molar-refractivity contribution >= 4 is 17.0 Å². The Morgan fingerprint density at radius 2 is 2.05 bits per heavy atom. The number of anilines is 1. The number of aromatic amines is 2. The molecule has 114 valence electrons. The number of aliphatic hydroxyl groups excluding tert-OH is 3. The number of nitrogens with two attached hydrogens (primary N) is 2. The van der Waals surface area contributed by atoms with Gasteiger partial charge in [0.1, 0.15) is 23.4 Å². The van der Waals surface area contributed by atoms with E-state index in [4.69, 9.17) is 11.5 Å². The number of hydrogen-bond acceptors (Lipinski definition) is 9. The van der Waals surface area contributed by atoms with Gasteiger partial charge in [0.2, 0.25) is 5.95 Å². The number of nitrogens with zero attached hydrogens (tertiary/aromatic N) is 2. The van der Waals surface area contributed by atoms with Crippen LogP contribution in [-0.4, -0.2) is 60.3 Å². The molecule has 3 rings (SSSR count). The quantitative estimate of drug-likeness (QED) is 0.272. The minimum atomic E-state index is -1.66. The normalized spacial score (nSPS) is 32.9. The maximum Gasteiger partial charge on any atom is 0.280 e. The first-order chi connectivity index (χ1) is 9.88. The van der Waals surface area contributed by atoms with Gasteiger partial charge in [0, 0.05) is 0 Å². The van der Waals surface area contributed by atoms with E-state index >= 15 is 0 Å². The van der Waals surface area contributed by atoms with Crippen LogP contribution >= 0.6 is 0 Å². The van der Waals surface area contributed by atoms with Gasteiger partial charge in [-0.2, -0.15) is 5.10 Å². The highest BCUT2D eigenvalue weighted by molar-refractivity contribution is 5.78. The Hall–Kier alpha value is -2.05. The van der Waals surface area contributed by atoms with Crippen molar-refractivity contribution in [3.05, 3.63) is 16.0 Å². The van der Waals surface area contributed by atoms with Gasteiger partial charge in [0.15, 0.2) is 5.52 Å². The number of H-pyrrole nitrogens is 2. The molecule has 1 fully saturated rings. The van der Waals surface area contributed by atoms with Crippen molar-refractivity contribution in [3.63, 3.8) is 0 Å². The molecule has 2 aromatic rings. The summed E-state index contributed by atoms with van der Waals surface area (Å²) >= 11 is 0. The molecule has 0 amide bonds. The lowest BCUT2D eigenvalue weighted by atomic mass is 9.99. The van der Waals surface area contributed by atoms with Crippen molar-refractivity contribution in [2.75, 3.05) is 12.3 Å². The molecule has 0 aliphatic carbocycles. The Labute approximate surface area is 117 Å². The average molecular weight is 297 g/mol. The second-order valence-electron chi connectivity index (χ2n) is 4.98. The van der Waals surface area contributed by atoms with Crippen molar-refractivity contribution in [2.45, 2.75) is 23.9 Å². The summed E-state index contributed by atoms with van der Waals surface area (Å²) < 4.78 is 0. The maximum absolute atomic E-state index is 11.7. The third-order valence-corrected chi connectivity index (χ3v) is 3.67. The summed E-state index contributed by atoms with van der Waals surface area (Å²) in [5.41, 5.74) is 9.51. The summed E-state index contributed by atoms with van der Waals surface area (Å²) in [7, 11) is 0. The number of aliphatic hydroxyl groups is 3. The van der Waals surface area contributed by atoms with Crippen molar-refractivity contribution < 1.29 is 15.3 Å². The number of nitrogens with one attached hydrogen (secondary N) is 3. The summed E-state index contributed by atoms with van der Waals surface area (Å²) in [6.07, 6.45) is -2.74. The van der Waals surface area contributed by atoms with Crippen LogP contribution in [-0.2, 0) is 5.66 Å². The van der Waals surface area contributed by atoms with Gasteiger partial charge in [-0.05, 0) is 0 Å². The van der Waals surface area contributed by atoms with Crippen LogP contribution < -0.4 is 22.3 Å². The van der Waals surface area contributed by atoms with Gasteiger partial charge in [-0.1, -0.05) is 0 Å². The number of aromatic nitrogens is 4. The lowest BCUT2D eigenvalue weighted by Gasteiger charge is -2.27. The van der Waals surface area contributed by atoms with Crippen LogP contribution in [0.15, 0.2) is 4.79 Å². The second-order valence-corrected chi connectivity index (χ2v) is 4.98. The van der Waals surface area contributed by atoms with Crippen LogP contribution in [0.25, 0.3) is 11.0 Å². The van der Waals surface area contributed by atoms with Crippen LogP contribution in [0.5, 0.6) is 0 Å². The molecule has 1 aliphatic heterocycles. The van der Waals surface area contributed by atoms with Gasteiger partial charge < -0.3 is 26.8 Å². The molecule has 1 aliphatic rings. The molecule has 3 heterocycles. The lowest BCUT2D eigenvalue weighted by Crippen LogP contribution is -2.55. The fourth-order valence-electron chi connectivity index (χ4n) is 2.56. The van der Waals surface area contributed by atoms with Gasteiger partial charge in [-0.3, -0.25) is 20.2 Å². The average Bonchev–Trinajstić information content (AvgIpc) is 2.95. The molecule has 0 spiro atoms. The summed E-state index contributed by atoms with van der Waals surface area (Å²) in [6.45, 7) is -0.431. The molecule has 1 saturated heterocycles. The van der Waals surface area contributed by atoms with Crippen molar-refractivity contribution in [2.24, 2.45) is 5.73 Å². The van der Waals surface area contributed by atoms with E-state index in [9.17, 15) is 20.1 Å². The smallest absolute Gasteiger partial charge is 0.280 e. The first-order valence-electron chi connectivity index (χ1n) is 6.16. The highest BCUT2D eigenvalue weighted by atomic mass is 16.3. The van der Waals surface area contributed by atoms with Crippen LogP contribution in [0.1, 0.15) is 5.69 Å². The Morgan fingerprint density at radius 3 is 2.67 bits per heavy atom. The van der Waals surface area contributed by atoms with Gasteiger partial charge in [0.25, 0.3) is 5.56 Å². The number of nitrogen functional groups attached to an aromatic ring is 1. The summed E-state index contributed by atoms with van der Waals surface area (Å²) in [5, 5.41) is 38.2. The lowest BCUT2D eigenvalue weighted by molar-refractivity contribution is -0.00159. The Bertz CT molecular complexity index is 743. The molecule has 11 heteroatoms. The molecule has 0 aromatic carbocycles. The monoisotopic (exact) mass is 297 g/mol. The van der Waals surface area contributed by atoms with Crippen molar-refractivity contribution in [3.8, 4) is 0 Å². The zero-order valence-corrected chi connectivity index (χ0v) is 10.7. The first kappa shape index (κ1) is 13.9.